The molecule has 3 rings (SSSR count). The molecular formula is C12H11N3O2. The molecule has 0 radical (unpaired) electrons. The van der Waals surface area contributed by atoms with Crippen LogP contribution in [0.2, 0.25) is 0 Å². The van der Waals surface area contributed by atoms with E-state index in [-0.39, 0.29) is 5.69 Å². The van der Waals surface area contributed by atoms with Gasteiger partial charge in [-0.15, -0.1) is 0 Å². The predicted octanol–water partition coefficient (Wildman–Crippen LogP) is 2.66. The molecule has 1 heterocycles. The average Bonchev–Trinajstić information content (AvgIpc) is 3.07. The molecule has 0 bridgehead atoms. The van der Waals surface area contributed by atoms with E-state index in [9.17, 15) is 10.1 Å². The van der Waals surface area contributed by atoms with Gasteiger partial charge in [0, 0.05) is 24.2 Å². The third kappa shape index (κ3) is 1.91. The maximum Gasteiger partial charge on any atom is 0.269 e. The summed E-state index contributed by atoms with van der Waals surface area (Å²) in [6.07, 6.45) is 4.34. The minimum atomic E-state index is -0.400. The molecule has 86 valence electrons. The first-order valence-corrected chi connectivity index (χ1v) is 5.54. The molecule has 0 spiro atoms. The van der Waals surface area contributed by atoms with Crippen molar-refractivity contribution in [2.24, 2.45) is 0 Å². The quantitative estimate of drug-likeness (QED) is 0.600. The van der Waals surface area contributed by atoms with E-state index >= 15 is 0 Å². The zero-order valence-corrected chi connectivity index (χ0v) is 9.11. The van der Waals surface area contributed by atoms with Crippen LogP contribution >= 0.6 is 0 Å². The van der Waals surface area contributed by atoms with Gasteiger partial charge in [-0.05, 0) is 31.0 Å². The van der Waals surface area contributed by atoms with Crippen LogP contribution in [0.5, 0.6) is 0 Å². The molecule has 5 heteroatoms. The first-order chi connectivity index (χ1) is 8.24. The van der Waals surface area contributed by atoms with Crippen molar-refractivity contribution in [3.8, 4) is 5.69 Å². The van der Waals surface area contributed by atoms with E-state index in [0.29, 0.717) is 5.92 Å². The van der Waals surface area contributed by atoms with E-state index in [1.165, 1.54) is 25.0 Å². The maximum atomic E-state index is 10.5. The van der Waals surface area contributed by atoms with Crippen molar-refractivity contribution in [1.29, 1.82) is 0 Å². The number of benzene rings is 1. The zero-order valence-electron chi connectivity index (χ0n) is 9.11. The Morgan fingerprint density at radius 3 is 2.53 bits per heavy atom. The molecule has 1 saturated carbocycles. The molecule has 0 atom stereocenters. The molecule has 0 unspecified atom stereocenters. The summed E-state index contributed by atoms with van der Waals surface area (Å²) >= 11 is 0. The molecule has 1 aromatic heterocycles. The van der Waals surface area contributed by atoms with Crippen LogP contribution in [0.3, 0.4) is 0 Å². The molecule has 0 saturated heterocycles. The second kappa shape index (κ2) is 3.69. The van der Waals surface area contributed by atoms with Crippen LogP contribution < -0.4 is 0 Å². The summed E-state index contributed by atoms with van der Waals surface area (Å²) in [5, 5.41) is 15.0. The first-order valence-electron chi connectivity index (χ1n) is 5.54. The number of rotatable bonds is 3. The van der Waals surface area contributed by atoms with Crippen molar-refractivity contribution >= 4 is 5.69 Å². The third-order valence-corrected chi connectivity index (χ3v) is 2.93. The molecule has 0 amide bonds. The molecule has 0 N–H and O–H groups in total. The van der Waals surface area contributed by atoms with E-state index in [1.54, 1.807) is 16.8 Å². The van der Waals surface area contributed by atoms with E-state index in [4.69, 9.17) is 0 Å². The molecule has 2 aromatic rings. The van der Waals surface area contributed by atoms with Gasteiger partial charge in [-0.25, -0.2) is 4.68 Å². The summed E-state index contributed by atoms with van der Waals surface area (Å²) in [5.41, 5.74) is 2.06. The number of nitro benzene ring substituents is 1. The first kappa shape index (κ1) is 10.0. The second-order valence-electron chi connectivity index (χ2n) is 4.23. The second-order valence-corrected chi connectivity index (χ2v) is 4.23. The fourth-order valence-corrected chi connectivity index (χ4v) is 1.81. The minimum Gasteiger partial charge on any atom is -0.258 e. The lowest BCUT2D eigenvalue weighted by Gasteiger charge is -2.00. The van der Waals surface area contributed by atoms with Crippen LogP contribution in [-0.4, -0.2) is 14.7 Å². The van der Waals surface area contributed by atoms with E-state index in [2.05, 4.69) is 5.10 Å². The number of hydrogen-bond acceptors (Lipinski definition) is 3. The van der Waals surface area contributed by atoms with E-state index < -0.39 is 4.92 Å². The fourth-order valence-electron chi connectivity index (χ4n) is 1.81. The monoisotopic (exact) mass is 229 g/mol. The van der Waals surface area contributed by atoms with Crippen molar-refractivity contribution in [1.82, 2.24) is 9.78 Å². The molecule has 17 heavy (non-hydrogen) atoms. The molecule has 1 fully saturated rings. The minimum absolute atomic E-state index is 0.100. The Bertz CT molecular complexity index is 555. The van der Waals surface area contributed by atoms with E-state index in [0.717, 1.165) is 11.4 Å². The third-order valence-electron chi connectivity index (χ3n) is 2.93. The molecule has 1 aliphatic rings. The van der Waals surface area contributed by atoms with Crippen molar-refractivity contribution in [2.75, 3.05) is 0 Å². The summed E-state index contributed by atoms with van der Waals surface area (Å²) in [6.45, 7) is 0. The molecule has 1 aliphatic carbocycles. The Morgan fingerprint density at radius 1 is 1.24 bits per heavy atom. The van der Waals surface area contributed by atoms with Gasteiger partial charge in [0.2, 0.25) is 0 Å². The van der Waals surface area contributed by atoms with Crippen LogP contribution in [0.15, 0.2) is 36.5 Å². The molecule has 1 aromatic carbocycles. The van der Waals surface area contributed by atoms with Gasteiger partial charge in [-0.1, -0.05) is 0 Å². The highest BCUT2D eigenvalue weighted by Crippen LogP contribution is 2.39. The SMILES string of the molecule is O=[N+]([O-])c1ccc(-n2ccc(C3CC3)n2)cc1. The Hall–Kier alpha value is -2.17. The zero-order chi connectivity index (χ0) is 11.8. The van der Waals surface area contributed by atoms with Gasteiger partial charge >= 0.3 is 0 Å². The lowest BCUT2D eigenvalue weighted by atomic mass is 10.3. The highest BCUT2D eigenvalue weighted by molar-refractivity contribution is 5.40. The van der Waals surface area contributed by atoms with Crippen LogP contribution in [-0.2, 0) is 0 Å². The lowest BCUT2D eigenvalue weighted by Crippen LogP contribution is -1.96. The summed E-state index contributed by atoms with van der Waals surface area (Å²) < 4.78 is 1.76. The maximum absolute atomic E-state index is 10.5. The largest absolute Gasteiger partial charge is 0.269 e. The molecular weight excluding hydrogens is 218 g/mol. The number of aromatic nitrogens is 2. The average molecular weight is 229 g/mol. The van der Waals surface area contributed by atoms with Crippen LogP contribution in [0.4, 0.5) is 5.69 Å². The Kier molecular flexibility index (Phi) is 2.18. The summed E-state index contributed by atoms with van der Waals surface area (Å²) in [6, 6.07) is 8.42. The standard InChI is InChI=1S/C12H11N3O2/c16-15(17)11-5-3-10(4-6-11)14-8-7-12(13-14)9-1-2-9/h3-9H,1-2H2. The van der Waals surface area contributed by atoms with E-state index in [1.807, 2.05) is 12.3 Å². The lowest BCUT2D eigenvalue weighted by molar-refractivity contribution is -0.384. The van der Waals surface area contributed by atoms with Gasteiger partial charge in [0.25, 0.3) is 5.69 Å². The van der Waals surface area contributed by atoms with Crippen molar-refractivity contribution in [3.63, 3.8) is 0 Å². The van der Waals surface area contributed by atoms with Crippen LogP contribution in [0.25, 0.3) is 5.69 Å². The molecule has 0 aliphatic heterocycles. The number of hydrogen-bond donors (Lipinski definition) is 0. The Balaban J connectivity index is 1.89. The van der Waals surface area contributed by atoms with Gasteiger partial charge in [-0.2, -0.15) is 5.10 Å². The summed E-state index contributed by atoms with van der Waals surface area (Å²) in [5.74, 6) is 0.620. The number of nitrogens with zero attached hydrogens (tertiary/aromatic N) is 3. The fraction of sp³-hybridized carbons (Fsp3) is 0.250. The van der Waals surface area contributed by atoms with Crippen molar-refractivity contribution in [3.05, 3.63) is 52.3 Å². The summed E-state index contributed by atoms with van der Waals surface area (Å²) in [4.78, 5) is 10.1. The smallest absolute Gasteiger partial charge is 0.258 e. The van der Waals surface area contributed by atoms with Gasteiger partial charge < -0.3 is 0 Å². The molecule has 5 nitrogen and oxygen atoms in total. The van der Waals surface area contributed by atoms with Gasteiger partial charge in [0.05, 0.1) is 16.3 Å². The van der Waals surface area contributed by atoms with Gasteiger partial charge in [0.1, 0.15) is 0 Å². The Labute approximate surface area is 97.8 Å². The highest BCUT2D eigenvalue weighted by atomic mass is 16.6. The predicted molar refractivity (Wildman–Crippen MR) is 62.2 cm³/mol. The Morgan fingerprint density at radius 2 is 1.94 bits per heavy atom. The summed E-state index contributed by atoms with van der Waals surface area (Å²) in [7, 11) is 0. The number of nitro groups is 1. The topological polar surface area (TPSA) is 61.0 Å². The van der Waals surface area contributed by atoms with Crippen LogP contribution in [0, 0.1) is 10.1 Å². The van der Waals surface area contributed by atoms with Gasteiger partial charge in [0.15, 0.2) is 0 Å². The number of non-ortho nitro benzene ring substituents is 1. The van der Waals surface area contributed by atoms with Crippen LogP contribution in [0.1, 0.15) is 24.5 Å². The van der Waals surface area contributed by atoms with Gasteiger partial charge in [-0.3, -0.25) is 10.1 Å². The van der Waals surface area contributed by atoms with Crippen molar-refractivity contribution in [2.45, 2.75) is 18.8 Å². The highest BCUT2D eigenvalue weighted by Gasteiger charge is 2.25. The normalized spacial score (nSPS) is 14.8. The van der Waals surface area contributed by atoms with Crippen molar-refractivity contribution < 1.29 is 4.92 Å².